The van der Waals surface area contributed by atoms with E-state index in [1.165, 1.54) is 26.7 Å². The molecule has 0 aliphatic carbocycles. The number of esters is 1. The Balaban J connectivity index is 2.22. The maximum absolute atomic E-state index is 11.9. The Labute approximate surface area is 157 Å². The number of nitrogens with zero attached hydrogens (tertiary/aromatic N) is 2. The molecule has 0 fully saturated rings. The molecule has 0 bridgehead atoms. The number of hydrogen-bond acceptors (Lipinski definition) is 9. The van der Waals surface area contributed by atoms with E-state index in [1.807, 2.05) is 0 Å². The van der Waals surface area contributed by atoms with E-state index in [2.05, 4.69) is 28.8 Å². The van der Waals surface area contributed by atoms with Crippen molar-refractivity contribution in [3.8, 4) is 5.75 Å². The van der Waals surface area contributed by atoms with Crippen molar-refractivity contribution < 1.29 is 23.4 Å². The molecular formula is C18H24N4O5. The Bertz CT molecular complexity index is 803. The molecule has 9 nitrogen and oxygen atoms in total. The van der Waals surface area contributed by atoms with Gasteiger partial charge in [0.25, 0.3) is 0 Å². The molecule has 0 aliphatic heterocycles. The van der Waals surface area contributed by atoms with Gasteiger partial charge in [-0.3, -0.25) is 0 Å². The van der Waals surface area contributed by atoms with Crippen LogP contribution in [0.1, 0.15) is 41.4 Å². The fourth-order valence-corrected chi connectivity index (χ4v) is 2.32. The average molecular weight is 376 g/mol. The summed E-state index contributed by atoms with van der Waals surface area (Å²) in [6, 6.07) is 0. The topological polar surface area (TPSA) is 122 Å². The van der Waals surface area contributed by atoms with E-state index in [4.69, 9.17) is 24.4 Å². The fraction of sp³-hybridized carbons (Fsp3) is 0.389. The molecule has 0 aliphatic rings. The molecule has 0 saturated carbocycles. The molecule has 27 heavy (non-hydrogen) atoms. The molecule has 9 heteroatoms. The average Bonchev–Trinajstić information content (AvgIpc) is 3.10. The van der Waals surface area contributed by atoms with E-state index < -0.39 is 5.97 Å². The lowest BCUT2D eigenvalue weighted by Gasteiger charge is -2.12. The Morgan fingerprint density at radius 1 is 1.37 bits per heavy atom. The first kappa shape index (κ1) is 20.1. The van der Waals surface area contributed by atoms with Crippen LogP contribution >= 0.6 is 0 Å². The second kappa shape index (κ2) is 9.46. The summed E-state index contributed by atoms with van der Waals surface area (Å²) in [5.41, 5.74) is 6.25. The maximum atomic E-state index is 11.9. The number of furan rings is 1. The molecule has 0 atom stereocenters. The highest BCUT2D eigenvalue weighted by atomic mass is 16.5. The van der Waals surface area contributed by atoms with Gasteiger partial charge in [0.2, 0.25) is 5.95 Å². The van der Waals surface area contributed by atoms with E-state index in [9.17, 15) is 4.79 Å². The summed E-state index contributed by atoms with van der Waals surface area (Å²) < 4.78 is 21.2. The van der Waals surface area contributed by atoms with Crippen LogP contribution in [0.2, 0.25) is 0 Å². The Morgan fingerprint density at radius 2 is 2.15 bits per heavy atom. The van der Waals surface area contributed by atoms with Crippen LogP contribution in [0.15, 0.2) is 23.5 Å². The summed E-state index contributed by atoms with van der Waals surface area (Å²) in [6.45, 7) is 6.61. The van der Waals surface area contributed by atoms with Gasteiger partial charge in [0.1, 0.15) is 24.2 Å². The smallest absolute Gasteiger partial charge is 0.341 e. The first-order chi connectivity index (χ1) is 13.0. The normalized spacial score (nSPS) is 10.3. The van der Waals surface area contributed by atoms with Gasteiger partial charge >= 0.3 is 5.97 Å². The number of ether oxygens (including phenoxy) is 3. The van der Waals surface area contributed by atoms with Crippen LogP contribution in [-0.2, 0) is 16.1 Å². The minimum atomic E-state index is -0.559. The predicted molar refractivity (Wildman–Crippen MR) is 100 cm³/mol. The molecule has 0 unspecified atom stereocenters. The van der Waals surface area contributed by atoms with Crippen LogP contribution in [0.3, 0.4) is 0 Å². The van der Waals surface area contributed by atoms with Crippen molar-refractivity contribution in [1.29, 1.82) is 0 Å². The molecule has 2 aromatic rings. The van der Waals surface area contributed by atoms with Crippen LogP contribution < -0.4 is 15.8 Å². The number of anilines is 2. The summed E-state index contributed by atoms with van der Waals surface area (Å²) in [4.78, 5) is 20.0. The number of nitrogens with two attached hydrogens (primary N) is 1. The second-order valence-electron chi connectivity index (χ2n) is 5.58. The minimum absolute atomic E-state index is 0.00441. The molecule has 0 saturated heterocycles. The molecule has 0 aromatic carbocycles. The van der Waals surface area contributed by atoms with Crippen LogP contribution in [0.5, 0.6) is 5.75 Å². The number of carbonyl (C=O) groups is 1. The van der Waals surface area contributed by atoms with E-state index >= 15 is 0 Å². The van der Waals surface area contributed by atoms with Gasteiger partial charge in [0.15, 0.2) is 17.3 Å². The third-order valence-electron chi connectivity index (χ3n) is 3.75. The van der Waals surface area contributed by atoms with Crippen molar-refractivity contribution in [2.24, 2.45) is 0 Å². The van der Waals surface area contributed by atoms with E-state index in [0.29, 0.717) is 22.9 Å². The highest BCUT2D eigenvalue weighted by Crippen LogP contribution is 2.28. The number of unbranched alkanes of at least 4 members (excludes halogenated alkanes) is 1. The summed E-state index contributed by atoms with van der Waals surface area (Å²) in [7, 11) is 2.73. The Hall–Kier alpha value is -3.23. The molecule has 3 N–H and O–H groups in total. The number of nitrogens with one attached hydrogen (secondary N) is 1. The number of methoxy groups -OCH3 is 2. The number of aromatic nitrogens is 2. The van der Waals surface area contributed by atoms with Crippen LogP contribution in [0, 0.1) is 0 Å². The molecule has 2 aromatic heterocycles. The monoisotopic (exact) mass is 376 g/mol. The van der Waals surface area contributed by atoms with Crippen LogP contribution in [0.4, 0.5) is 11.8 Å². The lowest BCUT2D eigenvalue weighted by atomic mass is 10.1. The van der Waals surface area contributed by atoms with Crippen molar-refractivity contribution in [2.45, 2.75) is 26.4 Å². The molecule has 0 amide bonds. The maximum Gasteiger partial charge on any atom is 0.341 e. The van der Waals surface area contributed by atoms with Crippen LogP contribution in [0.25, 0.3) is 5.76 Å². The van der Waals surface area contributed by atoms with Crippen molar-refractivity contribution >= 4 is 23.5 Å². The van der Waals surface area contributed by atoms with Crippen molar-refractivity contribution in [3.63, 3.8) is 0 Å². The van der Waals surface area contributed by atoms with Gasteiger partial charge in [-0.1, -0.05) is 19.9 Å². The van der Waals surface area contributed by atoms with Crippen molar-refractivity contribution in [1.82, 2.24) is 9.97 Å². The lowest BCUT2D eigenvalue weighted by molar-refractivity contribution is 0.0599. The van der Waals surface area contributed by atoms with Gasteiger partial charge in [0.05, 0.1) is 26.0 Å². The fourth-order valence-electron chi connectivity index (χ4n) is 2.32. The first-order valence-corrected chi connectivity index (χ1v) is 8.42. The summed E-state index contributed by atoms with van der Waals surface area (Å²) in [5, 5.41) is 3.17. The summed E-state index contributed by atoms with van der Waals surface area (Å²) in [6.07, 6.45) is 4.77. The second-order valence-corrected chi connectivity index (χ2v) is 5.58. The highest BCUT2D eigenvalue weighted by Gasteiger charge is 2.23. The first-order valence-electron chi connectivity index (χ1n) is 8.42. The van der Waals surface area contributed by atoms with E-state index in [1.54, 1.807) is 0 Å². The zero-order valence-electron chi connectivity index (χ0n) is 15.7. The summed E-state index contributed by atoms with van der Waals surface area (Å²) in [5.74, 6) is 1.10. The van der Waals surface area contributed by atoms with Crippen molar-refractivity contribution in [3.05, 3.63) is 35.9 Å². The van der Waals surface area contributed by atoms with E-state index in [0.717, 1.165) is 19.4 Å². The highest BCUT2D eigenvalue weighted by molar-refractivity contribution is 5.94. The van der Waals surface area contributed by atoms with Gasteiger partial charge < -0.3 is 29.7 Å². The zero-order chi connectivity index (χ0) is 19.8. The SMILES string of the molecule is C=C(OC)c1c(C(=O)OC)coc1COc1cnc(N)nc1NCCCC. The number of rotatable bonds is 10. The third kappa shape index (κ3) is 4.90. The molecular weight excluding hydrogens is 352 g/mol. The number of nitrogen functional groups attached to an aromatic ring is 1. The molecule has 146 valence electrons. The zero-order valence-corrected chi connectivity index (χ0v) is 15.7. The van der Waals surface area contributed by atoms with E-state index in [-0.39, 0.29) is 23.9 Å². The molecule has 2 heterocycles. The summed E-state index contributed by atoms with van der Waals surface area (Å²) >= 11 is 0. The van der Waals surface area contributed by atoms with Gasteiger partial charge in [-0.15, -0.1) is 0 Å². The van der Waals surface area contributed by atoms with Gasteiger partial charge in [-0.05, 0) is 6.42 Å². The van der Waals surface area contributed by atoms with Gasteiger partial charge in [-0.25, -0.2) is 9.78 Å². The quantitative estimate of drug-likeness (QED) is 0.366. The van der Waals surface area contributed by atoms with Gasteiger partial charge in [-0.2, -0.15) is 4.98 Å². The number of hydrogen-bond donors (Lipinski definition) is 2. The number of carbonyl (C=O) groups excluding carboxylic acids is 1. The van der Waals surface area contributed by atoms with Crippen molar-refractivity contribution in [2.75, 3.05) is 31.8 Å². The predicted octanol–water partition coefficient (Wildman–Crippen LogP) is 2.85. The minimum Gasteiger partial charge on any atom is -0.497 e. The largest absolute Gasteiger partial charge is 0.497 e. The molecule has 0 spiro atoms. The van der Waals surface area contributed by atoms with Crippen LogP contribution in [-0.4, -0.2) is 36.7 Å². The standard InChI is InChI=1S/C18H24N4O5/c1-5-6-7-20-16-13(8-21-18(19)22-16)27-10-14-15(11(2)24-3)12(9-26-14)17(23)25-4/h8-9H,2,5-7,10H2,1,3-4H3,(H3,19,20,21,22). The van der Waals surface area contributed by atoms with Gasteiger partial charge in [0, 0.05) is 6.54 Å². The molecule has 2 rings (SSSR count). The third-order valence-corrected chi connectivity index (χ3v) is 3.75. The molecule has 0 radical (unpaired) electrons. The Kier molecular flexibility index (Phi) is 7.04. The lowest BCUT2D eigenvalue weighted by Crippen LogP contribution is -2.09. The Morgan fingerprint density at radius 3 is 2.81 bits per heavy atom.